The Morgan fingerprint density at radius 2 is 1.92 bits per heavy atom. The zero-order valence-corrected chi connectivity index (χ0v) is 15.6. The van der Waals surface area contributed by atoms with Crippen LogP contribution in [0, 0.1) is 17.3 Å². The summed E-state index contributed by atoms with van der Waals surface area (Å²) in [5.74, 6) is 2.19. The molecule has 0 amide bonds. The van der Waals surface area contributed by atoms with E-state index in [9.17, 15) is 4.79 Å². The van der Waals surface area contributed by atoms with Crippen LogP contribution in [0.2, 0.25) is 0 Å². The second-order valence-corrected chi connectivity index (χ2v) is 7.82. The predicted octanol–water partition coefficient (Wildman–Crippen LogP) is 5.48. The number of esters is 1. The molecule has 1 fully saturated rings. The summed E-state index contributed by atoms with van der Waals surface area (Å²) in [6.45, 7) is 8.03. The first-order valence-electron chi connectivity index (χ1n) is 9.25. The standard InChI is InChI=1S/C21H32O3/c1-16-8-7-14-21(2,3)19(16)9-5-6-15-24-18-12-10-17(11-13-18)20(22)23-4/h10-13,16,19H,5-9,14-15H2,1-4H3. The van der Waals surface area contributed by atoms with Crippen molar-refractivity contribution in [1.29, 1.82) is 0 Å². The molecule has 0 aromatic heterocycles. The van der Waals surface area contributed by atoms with Crippen LogP contribution in [0.4, 0.5) is 0 Å². The average Bonchev–Trinajstić information content (AvgIpc) is 2.56. The minimum absolute atomic E-state index is 0.314. The molecule has 0 spiro atoms. The van der Waals surface area contributed by atoms with Gasteiger partial charge in [0.15, 0.2) is 0 Å². The van der Waals surface area contributed by atoms with Crippen molar-refractivity contribution >= 4 is 5.97 Å². The molecule has 1 aliphatic carbocycles. The second-order valence-electron chi connectivity index (χ2n) is 7.82. The highest BCUT2D eigenvalue weighted by molar-refractivity contribution is 5.89. The number of hydrogen-bond acceptors (Lipinski definition) is 3. The molecule has 2 atom stereocenters. The maximum atomic E-state index is 11.4. The number of carbonyl (C=O) groups is 1. The highest BCUT2D eigenvalue weighted by Crippen LogP contribution is 2.46. The zero-order chi connectivity index (χ0) is 17.6. The highest BCUT2D eigenvalue weighted by atomic mass is 16.5. The number of methoxy groups -OCH3 is 1. The van der Waals surface area contributed by atoms with E-state index in [0.29, 0.717) is 11.0 Å². The first-order chi connectivity index (χ1) is 11.4. The molecule has 3 heteroatoms. The fourth-order valence-corrected chi connectivity index (χ4v) is 4.17. The van der Waals surface area contributed by atoms with Gasteiger partial charge in [-0.05, 0) is 67.2 Å². The van der Waals surface area contributed by atoms with Crippen molar-refractivity contribution in [3.8, 4) is 5.75 Å². The first-order valence-corrected chi connectivity index (χ1v) is 9.25. The van der Waals surface area contributed by atoms with Gasteiger partial charge in [0.25, 0.3) is 0 Å². The van der Waals surface area contributed by atoms with E-state index in [1.165, 1.54) is 39.2 Å². The van der Waals surface area contributed by atoms with Crippen molar-refractivity contribution < 1.29 is 14.3 Å². The number of carbonyl (C=O) groups excluding carboxylic acids is 1. The Morgan fingerprint density at radius 3 is 2.54 bits per heavy atom. The molecule has 0 radical (unpaired) electrons. The van der Waals surface area contributed by atoms with E-state index >= 15 is 0 Å². The highest BCUT2D eigenvalue weighted by Gasteiger charge is 2.35. The van der Waals surface area contributed by atoms with Crippen molar-refractivity contribution in [2.75, 3.05) is 13.7 Å². The van der Waals surface area contributed by atoms with E-state index < -0.39 is 0 Å². The molecule has 2 unspecified atom stereocenters. The van der Waals surface area contributed by atoms with Gasteiger partial charge in [-0.1, -0.05) is 33.6 Å². The van der Waals surface area contributed by atoms with Gasteiger partial charge in [0.1, 0.15) is 5.75 Å². The van der Waals surface area contributed by atoms with Gasteiger partial charge in [0, 0.05) is 0 Å². The molecular weight excluding hydrogens is 300 g/mol. The average molecular weight is 332 g/mol. The fraction of sp³-hybridized carbons (Fsp3) is 0.667. The fourth-order valence-electron chi connectivity index (χ4n) is 4.17. The summed E-state index contributed by atoms with van der Waals surface area (Å²) in [6.07, 6.45) is 7.74. The molecule has 0 bridgehead atoms. The van der Waals surface area contributed by atoms with Gasteiger partial charge >= 0.3 is 5.97 Å². The van der Waals surface area contributed by atoms with Crippen molar-refractivity contribution in [2.24, 2.45) is 17.3 Å². The normalized spacial score (nSPS) is 22.8. The number of unbranched alkanes of at least 4 members (excludes halogenated alkanes) is 1. The quantitative estimate of drug-likeness (QED) is 0.489. The van der Waals surface area contributed by atoms with Gasteiger partial charge < -0.3 is 9.47 Å². The summed E-state index contributed by atoms with van der Waals surface area (Å²) < 4.78 is 10.5. The van der Waals surface area contributed by atoms with Gasteiger partial charge in [-0.3, -0.25) is 0 Å². The van der Waals surface area contributed by atoms with Crippen LogP contribution in [-0.2, 0) is 4.74 Å². The van der Waals surface area contributed by atoms with Gasteiger partial charge in [-0.15, -0.1) is 0 Å². The minimum atomic E-state index is -0.314. The minimum Gasteiger partial charge on any atom is -0.494 e. The second kappa shape index (κ2) is 8.55. The molecule has 0 N–H and O–H groups in total. The molecule has 24 heavy (non-hydrogen) atoms. The van der Waals surface area contributed by atoms with E-state index in [4.69, 9.17) is 9.47 Å². The smallest absolute Gasteiger partial charge is 0.337 e. The molecule has 3 nitrogen and oxygen atoms in total. The summed E-state index contributed by atoms with van der Waals surface area (Å²) in [6, 6.07) is 7.15. The summed E-state index contributed by atoms with van der Waals surface area (Å²) in [5.41, 5.74) is 1.04. The van der Waals surface area contributed by atoms with Crippen LogP contribution in [0.25, 0.3) is 0 Å². The summed E-state index contributed by atoms with van der Waals surface area (Å²) in [7, 11) is 1.39. The lowest BCUT2D eigenvalue weighted by molar-refractivity contribution is 0.0600. The van der Waals surface area contributed by atoms with Crippen molar-refractivity contribution in [3.63, 3.8) is 0 Å². The number of hydrogen-bond donors (Lipinski definition) is 0. The maximum absolute atomic E-state index is 11.4. The van der Waals surface area contributed by atoms with E-state index in [2.05, 4.69) is 20.8 Å². The van der Waals surface area contributed by atoms with Gasteiger partial charge in [0.05, 0.1) is 19.3 Å². The molecule has 1 aliphatic rings. The number of ether oxygens (including phenoxy) is 2. The van der Waals surface area contributed by atoms with Crippen LogP contribution in [0.5, 0.6) is 5.75 Å². The van der Waals surface area contributed by atoms with Gasteiger partial charge in [-0.25, -0.2) is 4.79 Å². The van der Waals surface area contributed by atoms with Gasteiger partial charge in [0.2, 0.25) is 0 Å². The molecule has 1 aromatic rings. The number of rotatable bonds is 7. The zero-order valence-electron chi connectivity index (χ0n) is 15.6. The lowest BCUT2D eigenvalue weighted by atomic mass is 9.62. The summed E-state index contributed by atoms with van der Waals surface area (Å²) in [5, 5.41) is 0. The van der Waals surface area contributed by atoms with Crippen LogP contribution in [0.3, 0.4) is 0 Å². The van der Waals surface area contributed by atoms with Crippen LogP contribution < -0.4 is 4.74 Å². The lowest BCUT2D eigenvalue weighted by Crippen LogP contribution is -2.33. The Balaban J connectivity index is 1.70. The molecule has 1 aromatic carbocycles. The van der Waals surface area contributed by atoms with E-state index in [0.717, 1.165) is 30.6 Å². The summed E-state index contributed by atoms with van der Waals surface area (Å²) >= 11 is 0. The maximum Gasteiger partial charge on any atom is 0.337 e. The molecule has 0 saturated heterocycles. The molecule has 0 aliphatic heterocycles. The molecule has 1 saturated carbocycles. The van der Waals surface area contributed by atoms with E-state index in [-0.39, 0.29) is 5.97 Å². The van der Waals surface area contributed by atoms with Crippen molar-refractivity contribution in [2.45, 2.75) is 59.3 Å². The Kier molecular flexibility index (Phi) is 6.70. The third kappa shape index (κ3) is 4.99. The molecule has 2 rings (SSSR count). The molecular formula is C21H32O3. The van der Waals surface area contributed by atoms with E-state index in [1.54, 1.807) is 12.1 Å². The third-order valence-corrected chi connectivity index (χ3v) is 5.62. The Hall–Kier alpha value is -1.51. The van der Waals surface area contributed by atoms with Crippen LogP contribution in [-0.4, -0.2) is 19.7 Å². The van der Waals surface area contributed by atoms with Gasteiger partial charge in [-0.2, -0.15) is 0 Å². The van der Waals surface area contributed by atoms with Crippen LogP contribution in [0.1, 0.15) is 69.7 Å². The number of benzene rings is 1. The predicted molar refractivity (Wildman–Crippen MR) is 97.4 cm³/mol. The molecule has 0 heterocycles. The topological polar surface area (TPSA) is 35.5 Å². The lowest BCUT2D eigenvalue weighted by Gasteiger charge is -2.43. The Morgan fingerprint density at radius 1 is 1.21 bits per heavy atom. The third-order valence-electron chi connectivity index (χ3n) is 5.62. The van der Waals surface area contributed by atoms with Crippen molar-refractivity contribution in [1.82, 2.24) is 0 Å². The summed E-state index contributed by atoms with van der Waals surface area (Å²) in [4.78, 5) is 11.4. The van der Waals surface area contributed by atoms with Crippen molar-refractivity contribution in [3.05, 3.63) is 29.8 Å². The largest absolute Gasteiger partial charge is 0.494 e. The molecule has 134 valence electrons. The van der Waals surface area contributed by atoms with Crippen LogP contribution in [0.15, 0.2) is 24.3 Å². The SMILES string of the molecule is COC(=O)c1ccc(OCCCCC2C(C)CCCC2(C)C)cc1. The Bertz CT molecular complexity index is 518. The Labute approximate surface area is 146 Å². The van der Waals surface area contributed by atoms with Crippen LogP contribution >= 0.6 is 0 Å². The monoisotopic (exact) mass is 332 g/mol. The van der Waals surface area contributed by atoms with E-state index in [1.807, 2.05) is 12.1 Å². The first kappa shape index (κ1) is 18.8.